The highest BCUT2D eigenvalue weighted by molar-refractivity contribution is 7.99. The Morgan fingerprint density at radius 2 is 1.75 bits per heavy atom. The highest BCUT2D eigenvalue weighted by Crippen LogP contribution is 2.37. The molecule has 1 unspecified atom stereocenters. The van der Waals surface area contributed by atoms with E-state index in [-0.39, 0.29) is 29.7 Å². The van der Waals surface area contributed by atoms with Crippen molar-refractivity contribution in [3.8, 4) is 0 Å². The van der Waals surface area contributed by atoms with Crippen LogP contribution >= 0.6 is 11.8 Å². The lowest BCUT2D eigenvalue weighted by Gasteiger charge is -2.28. The molecule has 28 heavy (non-hydrogen) atoms. The van der Waals surface area contributed by atoms with Gasteiger partial charge in [-0.15, -0.1) is 11.8 Å². The van der Waals surface area contributed by atoms with Gasteiger partial charge in [-0.2, -0.15) is 0 Å². The van der Waals surface area contributed by atoms with Crippen molar-refractivity contribution in [2.75, 3.05) is 18.8 Å². The fourth-order valence-electron chi connectivity index (χ4n) is 3.37. The molecule has 0 radical (unpaired) electrons. The van der Waals surface area contributed by atoms with Gasteiger partial charge in [-0.05, 0) is 43.7 Å². The molecule has 0 aliphatic carbocycles. The first kappa shape index (κ1) is 20.7. The van der Waals surface area contributed by atoms with Gasteiger partial charge in [-0.25, -0.2) is 13.2 Å². The standard InChI is InChI=1S/C21H23F3N2OS/c1-14(2)25(12-15-9-18(23)11-19(24)10-15)13-20(27)26-7-8-28-21(26)16-3-5-17(22)6-4-16/h3-6,9-11,14,21H,7-8,12-13H2,1-2H3/p+1/t21-/m1/s1. The Labute approximate surface area is 167 Å². The van der Waals surface area contributed by atoms with E-state index in [0.29, 0.717) is 18.7 Å². The van der Waals surface area contributed by atoms with Gasteiger partial charge in [0.1, 0.15) is 29.4 Å². The summed E-state index contributed by atoms with van der Waals surface area (Å²) < 4.78 is 40.2. The van der Waals surface area contributed by atoms with Crippen LogP contribution in [0.5, 0.6) is 0 Å². The second kappa shape index (κ2) is 9.01. The van der Waals surface area contributed by atoms with Gasteiger partial charge in [-0.3, -0.25) is 4.79 Å². The molecule has 1 saturated heterocycles. The molecule has 0 spiro atoms. The quantitative estimate of drug-likeness (QED) is 0.793. The molecule has 2 aromatic carbocycles. The summed E-state index contributed by atoms with van der Waals surface area (Å²) in [6.45, 7) is 5.18. The van der Waals surface area contributed by atoms with Gasteiger partial charge in [0, 0.05) is 23.9 Å². The van der Waals surface area contributed by atoms with Gasteiger partial charge in [-0.1, -0.05) is 12.1 Å². The molecule has 1 N–H and O–H groups in total. The molecule has 150 valence electrons. The summed E-state index contributed by atoms with van der Waals surface area (Å²) in [5, 5.41) is -0.131. The molecule has 3 rings (SSSR count). The Balaban J connectivity index is 1.71. The van der Waals surface area contributed by atoms with Crippen molar-refractivity contribution < 1.29 is 22.9 Å². The molecule has 3 nitrogen and oxygen atoms in total. The molecule has 0 aromatic heterocycles. The summed E-state index contributed by atoms with van der Waals surface area (Å²) in [7, 11) is 0. The van der Waals surface area contributed by atoms with Crippen LogP contribution in [0.2, 0.25) is 0 Å². The Morgan fingerprint density at radius 3 is 2.36 bits per heavy atom. The molecular formula is C21H24F3N2OS+. The maximum Gasteiger partial charge on any atom is 0.278 e. The number of rotatable bonds is 6. The van der Waals surface area contributed by atoms with Gasteiger partial charge < -0.3 is 9.80 Å². The minimum atomic E-state index is -0.614. The largest absolute Gasteiger partial charge is 0.321 e. The number of benzene rings is 2. The Morgan fingerprint density at radius 1 is 1.11 bits per heavy atom. The van der Waals surface area contributed by atoms with Crippen molar-refractivity contribution >= 4 is 17.7 Å². The van der Waals surface area contributed by atoms with Crippen molar-refractivity contribution in [2.24, 2.45) is 0 Å². The maximum atomic E-state index is 13.5. The van der Waals surface area contributed by atoms with Crippen LogP contribution in [0.3, 0.4) is 0 Å². The lowest BCUT2D eigenvalue weighted by Crippen LogP contribution is -3.14. The summed E-state index contributed by atoms with van der Waals surface area (Å²) in [4.78, 5) is 15.8. The molecular weight excluding hydrogens is 385 g/mol. The molecule has 1 aliphatic heterocycles. The third kappa shape index (κ3) is 5.08. The Kier molecular flexibility index (Phi) is 6.67. The van der Waals surface area contributed by atoms with Crippen LogP contribution in [0, 0.1) is 17.5 Å². The van der Waals surface area contributed by atoms with E-state index in [4.69, 9.17) is 0 Å². The number of carbonyl (C=O) groups is 1. The van der Waals surface area contributed by atoms with Gasteiger partial charge >= 0.3 is 0 Å². The Bertz CT molecular complexity index is 809. The van der Waals surface area contributed by atoms with Crippen LogP contribution in [0.4, 0.5) is 13.2 Å². The van der Waals surface area contributed by atoms with Crippen LogP contribution in [0.25, 0.3) is 0 Å². The van der Waals surface area contributed by atoms with E-state index in [1.54, 1.807) is 23.9 Å². The summed E-state index contributed by atoms with van der Waals surface area (Å²) in [5.41, 5.74) is 1.43. The lowest BCUT2D eigenvalue weighted by atomic mass is 10.1. The predicted molar refractivity (Wildman–Crippen MR) is 104 cm³/mol. The van der Waals surface area contributed by atoms with Crippen LogP contribution in [-0.2, 0) is 11.3 Å². The maximum absolute atomic E-state index is 13.5. The zero-order valence-corrected chi connectivity index (χ0v) is 16.7. The molecule has 1 aliphatic rings. The number of nitrogens with one attached hydrogen (secondary N) is 1. The van der Waals surface area contributed by atoms with Crippen molar-refractivity contribution in [2.45, 2.75) is 31.8 Å². The highest BCUT2D eigenvalue weighted by atomic mass is 32.2. The number of halogens is 3. The normalized spacial score (nSPS) is 17.9. The first-order chi connectivity index (χ1) is 13.3. The minimum Gasteiger partial charge on any atom is -0.321 e. The van der Waals surface area contributed by atoms with Crippen molar-refractivity contribution in [1.29, 1.82) is 0 Å². The average Bonchev–Trinajstić information content (AvgIpc) is 3.10. The number of carbonyl (C=O) groups excluding carboxylic acids is 1. The van der Waals surface area contributed by atoms with E-state index in [2.05, 4.69) is 0 Å². The zero-order valence-electron chi connectivity index (χ0n) is 15.9. The van der Waals surface area contributed by atoms with E-state index in [9.17, 15) is 18.0 Å². The number of hydrogen-bond donors (Lipinski definition) is 1. The SMILES string of the molecule is CC(C)[NH+](CC(=O)N1CCS[C@@H]1c1ccc(F)cc1)Cc1cc(F)cc(F)c1. The molecule has 1 heterocycles. The molecule has 0 saturated carbocycles. The average molecular weight is 409 g/mol. The summed E-state index contributed by atoms with van der Waals surface area (Å²) in [6.07, 6.45) is 0. The van der Waals surface area contributed by atoms with Crippen molar-refractivity contribution in [3.05, 3.63) is 71.0 Å². The minimum absolute atomic E-state index is 0.0140. The highest BCUT2D eigenvalue weighted by Gasteiger charge is 2.33. The summed E-state index contributed by atoms with van der Waals surface area (Å²) >= 11 is 1.66. The van der Waals surface area contributed by atoms with E-state index in [0.717, 1.165) is 22.3 Å². The van der Waals surface area contributed by atoms with Crippen LogP contribution in [0.1, 0.15) is 30.3 Å². The van der Waals surface area contributed by atoms with Crippen molar-refractivity contribution in [1.82, 2.24) is 4.90 Å². The number of amides is 1. The summed E-state index contributed by atoms with van der Waals surface area (Å²) in [6, 6.07) is 9.80. The van der Waals surface area contributed by atoms with E-state index >= 15 is 0 Å². The molecule has 7 heteroatoms. The molecule has 2 aromatic rings. The molecule has 1 fully saturated rings. The third-order valence-electron chi connectivity index (χ3n) is 4.91. The second-order valence-electron chi connectivity index (χ2n) is 7.31. The monoisotopic (exact) mass is 409 g/mol. The van der Waals surface area contributed by atoms with Crippen LogP contribution in [-0.4, -0.2) is 35.7 Å². The topological polar surface area (TPSA) is 24.8 Å². The van der Waals surface area contributed by atoms with Gasteiger partial charge in [0.15, 0.2) is 6.54 Å². The van der Waals surface area contributed by atoms with Gasteiger partial charge in [0.05, 0.1) is 6.04 Å². The van der Waals surface area contributed by atoms with E-state index in [1.807, 2.05) is 18.7 Å². The summed E-state index contributed by atoms with van der Waals surface area (Å²) in [5.74, 6) is -0.726. The van der Waals surface area contributed by atoms with Gasteiger partial charge in [0.2, 0.25) is 0 Å². The van der Waals surface area contributed by atoms with E-state index < -0.39 is 11.6 Å². The van der Waals surface area contributed by atoms with Crippen molar-refractivity contribution in [3.63, 3.8) is 0 Å². The molecule has 0 bridgehead atoms. The zero-order chi connectivity index (χ0) is 20.3. The second-order valence-corrected chi connectivity index (χ2v) is 8.49. The first-order valence-electron chi connectivity index (χ1n) is 9.29. The predicted octanol–water partition coefficient (Wildman–Crippen LogP) is 3.17. The Hall–Kier alpha value is -1.99. The van der Waals surface area contributed by atoms with Crippen LogP contribution < -0.4 is 4.90 Å². The van der Waals surface area contributed by atoms with Crippen LogP contribution in [0.15, 0.2) is 42.5 Å². The van der Waals surface area contributed by atoms with E-state index in [1.165, 1.54) is 24.3 Å². The lowest BCUT2D eigenvalue weighted by molar-refractivity contribution is -0.927. The number of thioether (sulfide) groups is 1. The van der Waals surface area contributed by atoms with Gasteiger partial charge in [0.25, 0.3) is 5.91 Å². The molecule has 1 amide bonds. The first-order valence-corrected chi connectivity index (χ1v) is 10.3. The third-order valence-corrected chi connectivity index (χ3v) is 6.18. The fraction of sp³-hybridized carbons (Fsp3) is 0.381. The number of quaternary nitrogens is 1. The molecule has 2 atom stereocenters. The number of nitrogens with zero attached hydrogens (tertiary/aromatic N) is 1. The smallest absolute Gasteiger partial charge is 0.278 e. The number of hydrogen-bond acceptors (Lipinski definition) is 2. The fourth-order valence-corrected chi connectivity index (χ4v) is 4.65.